The predicted molar refractivity (Wildman–Crippen MR) is 80.0 cm³/mol. The first-order chi connectivity index (χ1) is 9.72. The minimum absolute atomic E-state index is 0.226. The van der Waals surface area contributed by atoms with Crippen LogP contribution in [0.15, 0.2) is 30.6 Å². The first-order valence-corrected chi connectivity index (χ1v) is 7.50. The SMILES string of the molecule is Cc1nnc(CCNC(C)c2cn3ccccc3n2)s1. The summed E-state index contributed by atoms with van der Waals surface area (Å²) in [5, 5.41) is 13.7. The van der Waals surface area contributed by atoms with Gasteiger partial charge < -0.3 is 9.72 Å². The summed E-state index contributed by atoms with van der Waals surface area (Å²) in [4.78, 5) is 4.62. The molecule has 0 aliphatic carbocycles. The van der Waals surface area contributed by atoms with Gasteiger partial charge in [-0.05, 0) is 26.0 Å². The average Bonchev–Trinajstić information content (AvgIpc) is 3.04. The Labute approximate surface area is 121 Å². The molecule has 20 heavy (non-hydrogen) atoms. The number of fused-ring (bicyclic) bond motifs is 1. The molecule has 1 atom stereocenters. The fraction of sp³-hybridized carbons (Fsp3) is 0.357. The van der Waals surface area contributed by atoms with E-state index in [9.17, 15) is 0 Å². The second-order valence-electron chi connectivity index (χ2n) is 4.77. The van der Waals surface area contributed by atoms with Crippen LogP contribution in [-0.4, -0.2) is 26.1 Å². The molecule has 0 aliphatic heterocycles. The fourth-order valence-corrected chi connectivity index (χ4v) is 2.81. The number of rotatable bonds is 5. The first-order valence-electron chi connectivity index (χ1n) is 6.68. The van der Waals surface area contributed by atoms with Crippen LogP contribution < -0.4 is 5.32 Å². The number of aryl methyl sites for hydroxylation is 1. The Balaban J connectivity index is 1.59. The van der Waals surface area contributed by atoms with Crippen LogP contribution in [0, 0.1) is 6.92 Å². The summed E-state index contributed by atoms with van der Waals surface area (Å²) >= 11 is 1.66. The number of pyridine rings is 1. The third-order valence-corrected chi connectivity index (χ3v) is 4.08. The minimum atomic E-state index is 0.226. The lowest BCUT2D eigenvalue weighted by Gasteiger charge is -2.09. The molecule has 1 N–H and O–H groups in total. The molecule has 0 bridgehead atoms. The quantitative estimate of drug-likeness (QED) is 0.783. The van der Waals surface area contributed by atoms with Crippen molar-refractivity contribution in [2.75, 3.05) is 6.54 Å². The van der Waals surface area contributed by atoms with E-state index < -0.39 is 0 Å². The molecular weight excluding hydrogens is 270 g/mol. The van der Waals surface area contributed by atoms with Gasteiger partial charge in [-0.25, -0.2) is 4.98 Å². The molecule has 0 fully saturated rings. The zero-order valence-electron chi connectivity index (χ0n) is 11.6. The van der Waals surface area contributed by atoms with Crippen molar-refractivity contribution in [2.45, 2.75) is 26.3 Å². The lowest BCUT2D eigenvalue weighted by atomic mass is 10.2. The van der Waals surface area contributed by atoms with Crippen LogP contribution in [0.25, 0.3) is 5.65 Å². The Kier molecular flexibility index (Phi) is 3.75. The van der Waals surface area contributed by atoms with Crippen molar-refractivity contribution in [3.8, 4) is 0 Å². The number of nitrogens with zero attached hydrogens (tertiary/aromatic N) is 4. The predicted octanol–water partition coefficient (Wildman–Crippen LogP) is 2.39. The molecule has 0 amide bonds. The Bertz CT molecular complexity index is 669. The van der Waals surface area contributed by atoms with Crippen LogP contribution in [0.5, 0.6) is 0 Å². The zero-order chi connectivity index (χ0) is 13.9. The molecule has 0 radical (unpaired) electrons. The van der Waals surface area contributed by atoms with E-state index in [0.29, 0.717) is 0 Å². The molecule has 5 nitrogen and oxygen atoms in total. The van der Waals surface area contributed by atoms with Gasteiger partial charge in [0.1, 0.15) is 15.7 Å². The van der Waals surface area contributed by atoms with E-state index >= 15 is 0 Å². The van der Waals surface area contributed by atoms with Crippen LogP contribution >= 0.6 is 11.3 Å². The van der Waals surface area contributed by atoms with Crippen molar-refractivity contribution in [3.05, 3.63) is 46.3 Å². The van der Waals surface area contributed by atoms with Crippen LogP contribution in [0.3, 0.4) is 0 Å². The maximum absolute atomic E-state index is 4.62. The molecule has 3 rings (SSSR count). The van der Waals surface area contributed by atoms with Crippen molar-refractivity contribution in [1.82, 2.24) is 24.9 Å². The molecule has 3 aromatic rings. The summed E-state index contributed by atoms with van der Waals surface area (Å²) in [5.41, 5.74) is 2.04. The molecule has 6 heteroatoms. The second-order valence-corrected chi connectivity index (χ2v) is 6.04. The van der Waals surface area contributed by atoms with Crippen molar-refractivity contribution in [1.29, 1.82) is 0 Å². The van der Waals surface area contributed by atoms with Crippen molar-refractivity contribution in [2.24, 2.45) is 0 Å². The Morgan fingerprint density at radius 3 is 3.00 bits per heavy atom. The summed E-state index contributed by atoms with van der Waals surface area (Å²) < 4.78 is 2.04. The number of aromatic nitrogens is 4. The highest BCUT2D eigenvalue weighted by Crippen LogP contribution is 2.13. The highest BCUT2D eigenvalue weighted by molar-refractivity contribution is 7.11. The number of hydrogen-bond acceptors (Lipinski definition) is 5. The summed E-state index contributed by atoms with van der Waals surface area (Å²) in [6, 6.07) is 6.25. The van der Waals surface area contributed by atoms with E-state index in [1.165, 1.54) is 0 Å². The van der Waals surface area contributed by atoms with E-state index in [0.717, 1.165) is 34.3 Å². The van der Waals surface area contributed by atoms with Gasteiger partial charge >= 0.3 is 0 Å². The van der Waals surface area contributed by atoms with Gasteiger partial charge in [0.15, 0.2) is 0 Å². The highest BCUT2D eigenvalue weighted by atomic mass is 32.1. The van der Waals surface area contributed by atoms with Gasteiger partial charge in [-0.15, -0.1) is 21.5 Å². The molecule has 1 unspecified atom stereocenters. The third-order valence-electron chi connectivity index (χ3n) is 3.18. The maximum Gasteiger partial charge on any atom is 0.137 e. The molecule has 0 spiro atoms. The summed E-state index contributed by atoms with van der Waals surface area (Å²) in [7, 11) is 0. The van der Waals surface area contributed by atoms with Crippen molar-refractivity contribution < 1.29 is 0 Å². The molecule has 0 saturated heterocycles. The van der Waals surface area contributed by atoms with Crippen LogP contribution in [0.1, 0.15) is 28.7 Å². The molecule has 104 valence electrons. The Morgan fingerprint density at radius 1 is 1.35 bits per heavy atom. The molecule has 0 aromatic carbocycles. The summed E-state index contributed by atoms with van der Waals surface area (Å²) in [6.07, 6.45) is 4.99. The van der Waals surface area contributed by atoms with E-state index in [1.807, 2.05) is 35.7 Å². The van der Waals surface area contributed by atoms with Gasteiger partial charge in [0.25, 0.3) is 0 Å². The smallest absolute Gasteiger partial charge is 0.137 e. The number of nitrogens with one attached hydrogen (secondary N) is 1. The van der Waals surface area contributed by atoms with Crippen molar-refractivity contribution >= 4 is 17.0 Å². The molecule has 3 aromatic heterocycles. The fourth-order valence-electron chi connectivity index (χ4n) is 2.10. The summed E-state index contributed by atoms with van der Waals surface area (Å²) in [5.74, 6) is 0. The van der Waals surface area contributed by atoms with E-state index in [2.05, 4.69) is 33.6 Å². The lowest BCUT2D eigenvalue weighted by molar-refractivity contribution is 0.565. The van der Waals surface area contributed by atoms with Crippen LogP contribution in [0.4, 0.5) is 0 Å². The highest BCUT2D eigenvalue weighted by Gasteiger charge is 2.09. The molecule has 3 heterocycles. The number of hydrogen-bond donors (Lipinski definition) is 1. The largest absolute Gasteiger partial charge is 0.308 e. The Hall–Kier alpha value is -1.79. The van der Waals surface area contributed by atoms with Crippen LogP contribution in [0.2, 0.25) is 0 Å². The second kappa shape index (κ2) is 5.68. The lowest BCUT2D eigenvalue weighted by Crippen LogP contribution is -2.21. The van der Waals surface area contributed by atoms with Crippen molar-refractivity contribution in [3.63, 3.8) is 0 Å². The van der Waals surface area contributed by atoms with E-state index in [4.69, 9.17) is 0 Å². The van der Waals surface area contributed by atoms with Gasteiger partial charge in [-0.1, -0.05) is 6.07 Å². The first kappa shape index (κ1) is 13.2. The molecule has 0 saturated carbocycles. The molecular formula is C14H17N5S. The van der Waals surface area contributed by atoms with Gasteiger partial charge in [0.2, 0.25) is 0 Å². The van der Waals surface area contributed by atoms with E-state index in [-0.39, 0.29) is 6.04 Å². The summed E-state index contributed by atoms with van der Waals surface area (Å²) in [6.45, 7) is 4.99. The Morgan fingerprint density at radius 2 is 2.25 bits per heavy atom. The van der Waals surface area contributed by atoms with Gasteiger partial charge in [-0.2, -0.15) is 0 Å². The van der Waals surface area contributed by atoms with Gasteiger partial charge in [0, 0.05) is 31.4 Å². The molecule has 0 aliphatic rings. The van der Waals surface area contributed by atoms with Gasteiger partial charge in [-0.3, -0.25) is 0 Å². The normalized spacial score (nSPS) is 12.9. The third kappa shape index (κ3) is 2.86. The number of imidazole rings is 1. The average molecular weight is 287 g/mol. The topological polar surface area (TPSA) is 55.1 Å². The maximum atomic E-state index is 4.62. The monoisotopic (exact) mass is 287 g/mol. The zero-order valence-corrected chi connectivity index (χ0v) is 12.4. The van der Waals surface area contributed by atoms with Crippen LogP contribution in [-0.2, 0) is 6.42 Å². The van der Waals surface area contributed by atoms with Gasteiger partial charge in [0.05, 0.1) is 5.69 Å². The standard InChI is InChI=1S/C14H17N5S/c1-10(15-7-6-14-18-17-11(2)20-14)12-9-19-8-4-3-5-13(19)16-12/h3-5,8-10,15H,6-7H2,1-2H3. The minimum Gasteiger partial charge on any atom is -0.308 e. The van der Waals surface area contributed by atoms with E-state index in [1.54, 1.807) is 11.3 Å².